The predicted octanol–water partition coefficient (Wildman–Crippen LogP) is 3.58. The van der Waals surface area contributed by atoms with Gasteiger partial charge in [-0.1, -0.05) is 31.1 Å². The molecule has 2 aromatic rings. The molecule has 0 radical (unpaired) electrons. The summed E-state index contributed by atoms with van der Waals surface area (Å²) in [5, 5.41) is 7.06. The molecule has 1 amide bonds. The van der Waals surface area contributed by atoms with Crippen LogP contribution >= 0.6 is 0 Å². The van der Waals surface area contributed by atoms with Crippen LogP contribution in [0.25, 0.3) is 0 Å². The summed E-state index contributed by atoms with van der Waals surface area (Å²) in [4.78, 5) is 17.7. The van der Waals surface area contributed by atoms with Crippen molar-refractivity contribution in [2.45, 2.75) is 52.0 Å². The molecule has 2 aliphatic heterocycles. The fourth-order valence-electron chi connectivity index (χ4n) is 4.83. The Kier molecular flexibility index (Phi) is 6.14. The average molecular weight is 411 g/mol. The van der Waals surface area contributed by atoms with E-state index in [-0.39, 0.29) is 5.91 Å². The van der Waals surface area contributed by atoms with Crippen molar-refractivity contribution in [3.8, 4) is 0 Å². The Balaban J connectivity index is 1.42. The molecule has 1 aromatic heterocycles. The lowest BCUT2D eigenvalue weighted by Crippen LogP contribution is -2.43. The van der Waals surface area contributed by atoms with Crippen LogP contribution in [0.5, 0.6) is 0 Å². The number of likely N-dealkylation sites (tertiary alicyclic amines) is 1. The zero-order valence-electron chi connectivity index (χ0n) is 18.5. The molecule has 4 rings (SSSR count). The van der Waals surface area contributed by atoms with Gasteiger partial charge in [-0.05, 0) is 49.4 Å². The van der Waals surface area contributed by atoms with Crippen molar-refractivity contribution in [2.75, 3.05) is 38.1 Å². The predicted molar refractivity (Wildman–Crippen MR) is 119 cm³/mol. The standard InChI is InChI=1S/C24H34N4O2/c1-18(2)22-14-21(30-26-22)15-24(23(29)25-3)10-13-27(17-24)16-19-6-8-20(9-7-19)28-11-4-5-12-28/h6-9,14,18H,4-5,10-13,15-17H2,1-3H3,(H,25,29)/t24-/m0/s1. The minimum atomic E-state index is -0.460. The van der Waals surface area contributed by atoms with Gasteiger partial charge < -0.3 is 14.7 Å². The largest absolute Gasteiger partial charge is 0.372 e. The first kappa shape index (κ1) is 20.9. The van der Waals surface area contributed by atoms with Gasteiger partial charge in [0.05, 0.1) is 11.1 Å². The van der Waals surface area contributed by atoms with E-state index in [4.69, 9.17) is 4.52 Å². The van der Waals surface area contributed by atoms with E-state index in [9.17, 15) is 4.79 Å². The normalized spacial score (nSPS) is 22.2. The molecule has 2 fully saturated rings. The first-order valence-electron chi connectivity index (χ1n) is 11.2. The Hall–Kier alpha value is -2.34. The molecule has 0 saturated carbocycles. The van der Waals surface area contributed by atoms with Gasteiger partial charge in [0.1, 0.15) is 5.76 Å². The monoisotopic (exact) mass is 410 g/mol. The first-order valence-corrected chi connectivity index (χ1v) is 11.2. The van der Waals surface area contributed by atoms with Gasteiger partial charge in [-0.3, -0.25) is 9.69 Å². The molecule has 0 spiro atoms. The van der Waals surface area contributed by atoms with Crippen molar-refractivity contribution in [2.24, 2.45) is 5.41 Å². The van der Waals surface area contributed by atoms with E-state index in [0.29, 0.717) is 12.3 Å². The topological polar surface area (TPSA) is 61.6 Å². The van der Waals surface area contributed by atoms with E-state index in [1.807, 2.05) is 6.07 Å². The van der Waals surface area contributed by atoms with Gasteiger partial charge in [-0.25, -0.2) is 0 Å². The van der Waals surface area contributed by atoms with Gasteiger partial charge in [-0.15, -0.1) is 0 Å². The number of carbonyl (C=O) groups is 1. The third-order valence-corrected chi connectivity index (χ3v) is 6.64. The molecule has 6 heteroatoms. The fraction of sp³-hybridized carbons (Fsp3) is 0.583. The highest BCUT2D eigenvalue weighted by Gasteiger charge is 2.45. The van der Waals surface area contributed by atoms with E-state index in [1.165, 1.54) is 37.2 Å². The molecule has 1 N–H and O–H groups in total. The van der Waals surface area contributed by atoms with Crippen molar-refractivity contribution >= 4 is 11.6 Å². The van der Waals surface area contributed by atoms with Crippen LogP contribution in [0.15, 0.2) is 34.9 Å². The van der Waals surface area contributed by atoms with Crippen molar-refractivity contribution in [1.29, 1.82) is 0 Å². The number of nitrogens with one attached hydrogen (secondary N) is 1. The second-order valence-corrected chi connectivity index (χ2v) is 9.23. The Labute approximate surface area is 179 Å². The number of carbonyl (C=O) groups excluding carboxylic acids is 1. The SMILES string of the molecule is CNC(=O)[C@]1(Cc2cc(C(C)C)no2)CCN(Cc2ccc(N3CCCC3)cc2)C1. The maximum atomic E-state index is 12.9. The Morgan fingerprint density at radius 2 is 1.93 bits per heavy atom. The second kappa shape index (κ2) is 8.80. The zero-order chi connectivity index (χ0) is 21.1. The van der Waals surface area contributed by atoms with Crippen LogP contribution in [0.3, 0.4) is 0 Å². The molecule has 162 valence electrons. The van der Waals surface area contributed by atoms with Crippen LogP contribution in [0, 0.1) is 5.41 Å². The highest BCUT2D eigenvalue weighted by atomic mass is 16.5. The number of anilines is 1. The Bertz CT molecular complexity index is 854. The van der Waals surface area contributed by atoms with E-state index in [1.54, 1.807) is 7.05 Å². The van der Waals surface area contributed by atoms with Crippen LogP contribution in [-0.2, 0) is 17.8 Å². The summed E-state index contributed by atoms with van der Waals surface area (Å²) in [5.74, 6) is 1.22. The van der Waals surface area contributed by atoms with Crippen LogP contribution < -0.4 is 10.2 Å². The second-order valence-electron chi connectivity index (χ2n) is 9.23. The van der Waals surface area contributed by atoms with E-state index >= 15 is 0 Å². The number of hydrogen-bond donors (Lipinski definition) is 1. The third kappa shape index (κ3) is 4.38. The smallest absolute Gasteiger partial charge is 0.227 e. The van der Waals surface area contributed by atoms with Crippen molar-refractivity contribution in [3.05, 3.63) is 47.3 Å². The minimum absolute atomic E-state index is 0.0943. The number of rotatable bonds is 7. The quantitative estimate of drug-likeness (QED) is 0.756. The number of nitrogens with zero attached hydrogens (tertiary/aromatic N) is 3. The molecule has 1 aromatic carbocycles. The summed E-state index contributed by atoms with van der Waals surface area (Å²) in [6, 6.07) is 11.0. The van der Waals surface area contributed by atoms with Crippen LogP contribution in [0.4, 0.5) is 5.69 Å². The Morgan fingerprint density at radius 3 is 2.57 bits per heavy atom. The lowest BCUT2D eigenvalue weighted by molar-refractivity contribution is -0.130. The summed E-state index contributed by atoms with van der Waals surface area (Å²) >= 11 is 0. The van der Waals surface area contributed by atoms with Gasteiger partial charge in [0, 0.05) is 51.4 Å². The third-order valence-electron chi connectivity index (χ3n) is 6.64. The molecular weight excluding hydrogens is 376 g/mol. The highest BCUT2D eigenvalue weighted by molar-refractivity contribution is 5.83. The Morgan fingerprint density at radius 1 is 1.20 bits per heavy atom. The van der Waals surface area contributed by atoms with Gasteiger partial charge in [-0.2, -0.15) is 0 Å². The number of hydrogen-bond acceptors (Lipinski definition) is 5. The highest BCUT2D eigenvalue weighted by Crippen LogP contribution is 2.36. The maximum Gasteiger partial charge on any atom is 0.227 e. The fourth-order valence-corrected chi connectivity index (χ4v) is 4.83. The van der Waals surface area contributed by atoms with Gasteiger partial charge in [0.2, 0.25) is 5.91 Å². The molecule has 1 atom stereocenters. The molecule has 0 bridgehead atoms. The average Bonchev–Trinajstić information content (AvgIpc) is 3.50. The van der Waals surface area contributed by atoms with Crippen molar-refractivity contribution in [1.82, 2.24) is 15.4 Å². The molecule has 2 saturated heterocycles. The minimum Gasteiger partial charge on any atom is -0.372 e. The number of benzene rings is 1. The maximum absolute atomic E-state index is 12.9. The summed E-state index contributed by atoms with van der Waals surface area (Å²) in [5.41, 5.74) is 3.11. The molecular formula is C24H34N4O2. The molecule has 0 unspecified atom stereocenters. The summed E-state index contributed by atoms with van der Waals surface area (Å²) < 4.78 is 5.57. The summed E-state index contributed by atoms with van der Waals surface area (Å²) in [6.45, 7) is 9.04. The molecule has 2 aliphatic rings. The molecule has 0 aliphatic carbocycles. The van der Waals surface area contributed by atoms with Crippen LogP contribution in [0.2, 0.25) is 0 Å². The summed E-state index contributed by atoms with van der Waals surface area (Å²) in [7, 11) is 1.73. The van der Waals surface area contributed by atoms with Crippen molar-refractivity contribution in [3.63, 3.8) is 0 Å². The number of amides is 1. The van der Waals surface area contributed by atoms with E-state index in [0.717, 1.165) is 37.5 Å². The lowest BCUT2D eigenvalue weighted by Gasteiger charge is -2.26. The van der Waals surface area contributed by atoms with E-state index in [2.05, 4.69) is 58.4 Å². The van der Waals surface area contributed by atoms with Gasteiger partial charge in [0.15, 0.2) is 0 Å². The lowest BCUT2D eigenvalue weighted by atomic mass is 9.81. The van der Waals surface area contributed by atoms with Gasteiger partial charge in [0.25, 0.3) is 0 Å². The van der Waals surface area contributed by atoms with E-state index < -0.39 is 5.41 Å². The number of aromatic nitrogens is 1. The van der Waals surface area contributed by atoms with Crippen molar-refractivity contribution < 1.29 is 9.32 Å². The molecule has 6 nitrogen and oxygen atoms in total. The van der Waals surface area contributed by atoms with Gasteiger partial charge >= 0.3 is 0 Å². The molecule has 30 heavy (non-hydrogen) atoms. The first-order chi connectivity index (χ1) is 14.5. The summed E-state index contributed by atoms with van der Waals surface area (Å²) in [6.07, 6.45) is 4.01. The van der Waals surface area contributed by atoms with Crippen LogP contribution in [-0.4, -0.2) is 49.2 Å². The zero-order valence-corrected chi connectivity index (χ0v) is 18.5. The molecule has 3 heterocycles. The van der Waals surface area contributed by atoms with Crippen LogP contribution in [0.1, 0.15) is 56.0 Å².